The van der Waals surface area contributed by atoms with Gasteiger partial charge in [-0.15, -0.1) is 0 Å². The van der Waals surface area contributed by atoms with Crippen molar-refractivity contribution in [1.82, 2.24) is 4.90 Å². The van der Waals surface area contributed by atoms with Gasteiger partial charge in [-0.2, -0.15) is 0 Å². The van der Waals surface area contributed by atoms with Gasteiger partial charge in [0, 0.05) is 23.1 Å². The van der Waals surface area contributed by atoms with Crippen LogP contribution in [0.4, 0.5) is 0 Å². The first-order chi connectivity index (χ1) is 12.6. The number of fused-ring (bicyclic) bond motifs is 2. The van der Waals surface area contributed by atoms with Gasteiger partial charge in [0.25, 0.3) is 5.91 Å². The van der Waals surface area contributed by atoms with Gasteiger partial charge in [0.15, 0.2) is 0 Å². The lowest BCUT2D eigenvalue weighted by atomic mass is 9.82. The van der Waals surface area contributed by atoms with Crippen LogP contribution in [0.5, 0.6) is 0 Å². The molecule has 0 saturated heterocycles. The van der Waals surface area contributed by atoms with Crippen LogP contribution in [-0.2, 0) is 19.4 Å². The number of aryl methyl sites for hydroxylation is 2. The molecule has 2 N–H and O–H groups in total. The standard InChI is InChI=1S/C22H25BrN2O/c1-14-9-19(23)10-16-7-8-25(13-21(14)16)22(26)17-6-5-15-3-2-4-18(12-24)20(15)11-17/h5-6,9-11,18H,2-4,7-8,12-13,24H2,1H3. The maximum Gasteiger partial charge on any atom is 0.254 e. The third-order valence-electron chi connectivity index (χ3n) is 5.93. The molecular weight excluding hydrogens is 388 g/mol. The smallest absolute Gasteiger partial charge is 0.254 e. The number of carbonyl (C=O) groups is 1. The van der Waals surface area contributed by atoms with Crippen LogP contribution in [0.15, 0.2) is 34.8 Å². The van der Waals surface area contributed by atoms with E-state index in [9.17, 15) is 4.79 Å². The van der Waals surface area contributed by atoms with E-state index in [2.05, 4.69) is 47.1 Å². The lowest BCUT2D eigenvalue weighted by Crippen LogP contribution is -2.36. The summed E-state index contributed by atoms with van der Waals surface area (Å²) in [6.07, 6.45) is 4.34. The minimum Gasteiger partial charge on any atom is -0.334 e. The summed E-state index contributed by atoms with van der Waals surface area (Å²) < 4.78 is 1.12. The van der Waals surface area contributed by atoms with Gasteiger partial charge in [-0.1, -0.05) is 22.0 Å². The Morgan fingerprint density at radius 2 is 2.08 bits per heavy atom. The first-order valence-electron chi connectivity index (χ1n) is 9.47. The van der Waals surface area contributed by atoms with E-state index in [0.717, 1.165) is 35.8 Å². The molecule has 1 unspecified atom stereocenters. The molecule has 2 aromatic rings. The van der Waals surface area contributed by atoms with Gasteiger partial charge in [0.1, 0.15) is 0 Å². The molecule has 0 saturated carbocycles. The summed E-state index contributed by atoms with van der Waals surface area (Å²) in [7, 11) is 0. The van der Waals surface area contributed by atoms with Crippen LogP contribution in [0.2, 0.25) is 0 Å². The maximum absolute atomic E-state index is 13.2. The van der Waals surface area contributed by atoms with Crippen molar-refractivity contribution >= 4 is 21.8 Å². The Labute approximate surface area is 163 Å². The van der Waals surface area contributed by atoms with Crippen LogP contribution in [-0.4, -0.2) is 23.9 Å². The molecule has 1 atom stereocenters. The fraction of sp³-hybridized carbons (Fsp3) is 0.409. The highest BCUT2D eigenvalue weighted by atomic mass is 79.9. The molecule has 1 heterocycles. The second-order valence-corrected chi connectivity index (χ2v) is 8.49. The van der Waals surface area contributed by atoms with E-state index in [1.807, 2.05) is 11.0 Å². The Balaban J connectivity index is 1.61. The lowest BCUT2D eigenvalue weighted by Gasteiger charge is -2.31. The quantitative estimate of drug-likeness (QED) is 0.797. The Morgan fingerprint density at radius 1 is 1.23 bits per heavy atom. The topological polar surface area (TPSA) is 46.3 Å². The number of nitrogens with two attached hydrogens (primary N) is 1. The predicted octanol–water partition coefficient (Wildman–Crippen LogP) is 4.33. The minimum atomic E-state index is 0.141. The molecule has 1 amide bonds. The molecule has 2 aliphatic rings. The normalized spacial score (nSPS) is 19.0. The third kappa shape index (κ3) is 3.21. The van der Waals surface area contributed by atoms with Gasteiger partial charge in [0.05, 0.1) is 0 Å². The van der Waals surface area contributed by atoms with Crippen molar-refractivity contribution in [1.29, 1.82) is 0 Å². The van der Waals surface area contributed by atoms with Crippen LogP contribution >= 0.6 is 15.9 Å². The van der Waals surface area contributed by atoms with Crippen molar-refractivity contribution in [3.63, 3.8) is 0 Å². The van der Waals surface area contributed by atoms with Crippen molar-refractivity contribution in [2.45, 2.75) is 45.1 Å². The van der Waals surface area contributed by atoms with Gasteiger partial charge in [-0.3, -0.25) is 4.79 Å². The number of hydrogen-bond acceptors (Lipinski definition) is 2. The average Bonchev–Trinajstić information content (AvgIpc) is 2.66. The first kappa shape index (κ1) is 17.7. The highest BCUT2D eigenvalue weighted by Crippen LogP contribution is 2.32. The molecule has 0 spiro atoms. The molecule has 3 nitrogen and oxygen atoms in total. The lowest BCUT2D eigenvalue weighted by molar-refractivity contribution is 0.0734. The molecule has 0 bridgehead atoms. The van der Waals surface area contributed by atoms with Crippen molar-refractivity contribution < 1.29 is 4.79 Å². The molecule has 136 valence electrons. The Kier molecular flexibility index (Phi) is 4.89. The van der Waals surface area contributed by atoms with Gasteiger partial charge in [-0.05, 0) is 97.2 Å². The summed E-state index contributed by atoms with van der Waals surface area (Å²) in [6.45, 7) is 4.27. The number of hydrogen-bond donors (Lipinski definition) is 1. The average molecular weight is 413 g/mol. The van der Waals surface area contributed by atoms with Gasteiger partial charge >= 0.3 is 0 Å². The summed E-state index contributed by atoms with van der Waals surface area (Å²) in [5.74, 6) is 0.537. The molecule has 0 aromatic heterocycles. The van der Waals surface area contributed by atoms with Crippen molar-refractivity contribution in [2.75, 3.05) is 13.1 Å². The fourth-order valence-electron chi connectivity index (χ4n) is 4.45. The number of amides is 1. The van der Waals surface area contributed by atoms with Gasteiger partial charge in [-0.25, -0.2) is 0 Å². The summed E-state index contributed by atoms with van der Waals surface area (Å²) >= 11 is 3.58. The van der Waals surface area contributed by atoms with Crippen molar-refractivity contribution in [3.8, 4) is 0 Å². The van der Waals surface area contributed by atoms with Crippen LogP contribution in [0, 0.1) is 6.92 Å². The molecule has 1 aliphatic heterocycles. The molecule has 0 radical (unpaired) electrons. The molecule has 2 aromatic carbocycles. The molecule has 4 rings (SSSR count). The molecule has 0 fully saturated rings. The van der Waals surface area contributed by atoms with Crippen LogP contribution in [0.25, 0.3) is 0 Å². The van der Waals surface area contributed by atoms with E-state index in [4.69, 9.17) is 5.73 Å². The molecule has 26 heavy (non-hydrogen) atoms. The Hall–Kier alpha value is -1.65. The SMILES string of the molecule is Cc1cc(Br)cc2c1CN(C(=O)c1ccc3c(c1)C(CN)CCC3)CC2. The number of rotatable bonds is 2. The number of nitrogens with zero attached hydrogens (tertiary/aromatic N) is 1. The van der Waals surface area contributed by atoms with Crippen LogP contribution in [0.3, 0.4) is 0 Å². The number of benzene rings is 2. The predicted molar refractivity (Wildman–Crippen MR) is 108 cm³/mol. The molecule has 4 heteroatoms. The van der Waals surface area contributed by atoms with E-state index >= 15 is 0 Å². The summed E-state index contributed by atoms with van der Waals surface area (Å²) in [5.41, 5.74) is 13.3. The summed E-state index contributed by atoms with van der Waals surface area (Å²) in [4.78, 5) is 15.1. The molecular formula is C22H25BrN2O. The molecule has 1 aliphatic carbocycles. The zero-order valence-corrected chi connectivity index (χ0v) is 16.8. The van der Waals surface area contributed by atoms with E-state index in [1.165, 1.54) is 34.2 Å². The second-order valence-electron chi connectivity index (χ2n) is 7.58. The van der Waals surface area contributed by atoms with Crippen molar-refractivity contribution in [3.05, 3.63) is 68.2 Å². The summed E-state index contributed by atoms with van der Waals surface area (Å²) in [5, 5.41) is 0. The van der Waals surface area contributed by atoms with Gasteiger partial charge < -0.3 is 10.6 Å². The highest BCUT2D eigenvalue weighted by Gasteiger charge is 2.25. The number of carbonyl (C=O) groups excluding carboxylic acids is 1. The Morgan fingerprint density at radius 3 is 2.88 bits per heavy atom. The highest BCUT2D eigenvalue weighted by molar-refractivity contribution is 9.10. The zero-order chi connectivity index (χ0) is 18.3. The fourth-order valence-corrected chi connectivity index (χ4v) is 5.07. The second kappa shape index (κ2) is 7.16. The minimum absolute atomic E-state index is 0.141. The monoisotopic (exact) mass is 412 g/mol. The maximum atomic E-state index is 13.2. The third-order valence-corrected chi connectivity index (χ3v) is 6.39. The number of halogens is 1. The van der Waals surface area contributed by atoms with Crippen molar-refractivity contribution in [2.24, 2.45) is 5.73 Å². The van der Waals surface area contributed by atoms with E-state index in [0.29, 0.717) is 19.0 Å². The first-order valence-corrected chi connectivity index (χ1v) is 10.3. The van der Waals surface area contributed by atoms with Gasteiger partial charge in [0.2, 0.25) is 0 Å². The van der Waals surface area contributed by atoms with E-state index < -0.39 is 0 Å². The van der Waals surface area contributed by atoms with E-state index in [1.54, 1.807) is 0 Å². The zero-order valence-electron chi connectivity index (χ0n) is 15.2. The largest absolute Gasteiger partial charge is 0.334 e. The Bertz CT molecular complexity index is 861. The summed E-state index contributed by atoms with van der Waals surface area (Å²) in [6, 6.07) is 10.6. The van der Waals surface area contributed by atoms with Crippen LogP contribution < -0.4 is 5.73 Å². The van der Waals surface area contributed by atoms with E-state index in [-0.39, 0.29) is 5.91 Å². The van der Waals surface area contributed by atoms with Crippen LogP contribution in [0.1, 0.15) is 56.9 Å².